The molecule has 0 saturated carbocycles. The average molecular weight is 383 g/mol. The van der Waals surface area contributed by atoms with Gasteiger partial charge >= 0.3 is 6.03 Å². The number of hydrogen-bond donors (Lipinski definition) is 2. The number of carbonyl (C=O) groups excluding carboxylic acids is 1. The van der Waals surface area contributed by atoms with Gasteiger partial charge in [0.2, 0.25) is 0 Å². The number of benzene rings is 2. The molecule has 2 saturated heterocycles. The number of carbonyl (C=O) groups is 1. The van der Waals surface area contributed by atoms with Crippen LogP contribution < -0.4 is 15.4 Å². The van der Waals surface area contributed by atoms with Crippen molar-refractivity contribution in [1.29, 1.82) is 0 Å². The summed E-state index contributed by atoms with van der Waals surface area (Å²) in [5, 5.41) is 6.02. The molecule has 2 aliphatic rings. The maximum Gasteiger partial charge on any atom is 0.319 e. The van der Waals surface area contributed by atoms with Gasteiger partial charge in [-0.2, -0.15) is 0 Å². The summed E-state index contributed by atoms with van der Waals surface area (Å²) in [6, 6.07) is 15.0. The number of anilines is 1. The van der Waals surface area contributed by atoms with E-state index in [1.807, 2.05) is 36.4 Å². The molecule has 2 amide bonds. The Morgan fingerprint density at radius 3 is 2.32 bits per heavy atom. The van der Waals surface area contributed by atoms with Crippen LogP contribution in [-0.4, -0.2) is 36.2 Å². The van der Waals surface area contributed by atoms with Gasteiger partial charge in [-0.1, -0.05) is 12.1 Å². The standard InChI is InChI=1S/C22H26FN3O2/c1-28-21-10-6-17(7-11-21)24-22(27)25-18-12-19-8-9-20(13-18)26(19)14-15-2-4-16(23)5-3-15/h2-7,10-11,18-20H,8-9,12-14H2,1H3,(H2,24,25,27)/t18?,19-,20+. The van der Waals surface area contributed by atoms with Crippen LogP contribution in [0.1, 0.15) is 31.2 Å². The second-order valence-electron chi connectivity index (χ2n) is 7.68. The van der Waals surface area contributed by atoms with E-state index < -0.39 is 0 Å². The molecule has 2 N–H and O–H groups in total. The lowest BCUT2D eigenvalue weighted by atomic mass is 9.96. The van der Waals surface area contributed by atoms with Crippen LogP contribution in [0.15, 0.2) is 48.5 Å². The molecule has 2 aromatic rings. The Labute approximate surface area is 164 Å². The Hall–Kier alpha value is -2.60. The van der Waals surface area contributed by atoms with E-state index in [0.717, 1.165) is 49.2 Å². The largest absolute Gasteiger partial charge is 0.497 e. The number of urea groups is 1. The zero-order chi connectivity index (χ0) is 19.5. The van der Waals surface area contributed by atoms with Crippen molar-refractivity contribution in [2.45, 2.75) is 50.4 Å². The second-order valence-corrected chi connectivity index (χ2v) is 7.68. The summed E-state index contributed by atoms with van der Waals surface area (Å²) in [5.74, 6) is 0.563. The predicted octanol–water partition coefficient (Wildman–Crippen LogP) is 4.15. The van der Waals surface area contributed by atoms with Crippen LogP contribution in [0.3, 0.4) is 0 Å². The molecule has 6 heteroatoms. The number of ether oxygens (including phenoxy) is 1. The number of methoxy groups -OCH3 is 1. The van der Waals surface area contributed by atoms with Crippen molar-refractivity contribution in [3.8, 4) is 5.75 Å². The van der Waals surface area contributed by atoms with Crippen LogP contribution in [0, 0.1) is 5.82 Å². The number of nitrogens with one attached hydrogen (secondary N) is 2. The molecule has 2 aromatic carbocycles. The molecular weight excluding hydrogens is 357 g/mol. The minimum absolute atomic E-state index is 0.165. The average Bonchev–Trinajstić information content (AvgIpc) is 2.92. The van der Waals surface area contributed by atoms with E-state index in [2.05, 4.69) is 15.5 Å². The highest BCUT2D eigenvalue weighted by atomic mass is 19.1. The number of hydrogen-bond acceptors (Lipinski definition) is 3. The van der Waals surface area contributed by atoms with Gasteiger partial charge in [0.05, 0.1) is 7.11 Å². The molecule has 2 heterocycles. The van der Waals surface area contributed by atoms with E-state index >= 15 is 0 Å². The van der Waals surface area contributed by atoms with Gasteiger partial charge in [0.1, 0.15) is 11.6 Å². The zero-order valence-electron chi connectivity index (χ0n) is 16.0. The summed E-state index contributed by atoms with van der Waals surface area (Å²) >= 11 is 0. The van der Waals surface area contributed by atoms with Crippen LogP contribution in [0.5, 0.6) is 5.75 Å². The van der Waals surface area contributed by atoms with Crippen LogP contribution >= 0.6 is 0 Å². The first-order valence-corrected chi connectivity index (χ1v) is 9.82. The molecule has 2 fully saturated rings. The Bertz CT molecular complexity index is 796. The number of piperidine rings is 1. The third kappa shape index (κ3) is 4.28. The first-order valence-electron chi connectivity index (χ1n) is 9.82. The minimum atomic E-state index is -0.197. The van der Waals surface area contributed by atoms with Crippen molar-refractivity contribution >= 4 is 11.7 Å². The first-order chi connectivity index (χ1) is 13.6. The summed E-state index contributed by atoms with van der Waals surface area (Å²) in [5.41, 5.74) is 1.89. The molecule has 1 unspecified atom stereocenters. The number of rotatable bonds is 5. The zero-order valence-corrected chi connectivity index (χ0v) is 16.0. The van der Waals surface area contributed by atoms with E-state index in [9.17, 15) is 9.18 Å². The molecule has 5 nitrogen and oxygen atoms in total. The Morgan fingerprint density at radius 2 is 1.71 bits per heavy atom. The third-order valence-electron chi connectivity index (χ3n) is 5.85. The number of fused-ring (bicyclic) bond motifs is 2. The van der Waals surface area contributed by atoms with Gasteiger partial charge in [-0.25, -0.2) is 9.18 Å². The Balaban J connectivity index is 1.31. The lowest BCUT2D eigenvalue weighted by molar-refractivity contribution is 0.112. The van der Waals surface area contributed by atoms with Gasteiger partial charge in [0.15, 0.2) is 0 Å². The molecule has 2 aliphatic heterocycles. The molecule has 28 heavy (non-hydrogen) atoms. The SMILES string of the molecule is COc1ccc(NC(=O)NC2C[C@H]3CC[C@@H](C2)N3Cc2ccc(F)cc2)cc1. The number of amides is 2. The van der Waals surface area contributed by atoms with Crippen molar-refractivity contribution in [2.24, 2.45) is 0 Å². The molecule has 3 atom stereocenters. The molecule has 0 radical (unpaired) electrons. The molecule has 0 aliphatic carbocycles. The van der Waals surface area contributed by atoms with Gasteiger partial charge in [0, 0.05) is 30.4 Å². The molecular formula is C22H26FN3O2. The topological polar surface area (TPSA) is 53.6 Å². The summed E-state index contributed by atoms with van der Waals surface area (Å²) in [6.07, 6.45) is 4.22. The van der Waals surface area contributed by atoms with E-state index in [4.69, 9.17) is 4.74 Å². The quantitative estimate of drug-likeness (QED) is 0.816. The van der Waals surface area contributed by atoms with Gasteiger partial charge in [0.25, 0.3) is 0 Å². The maximum absolute atomic E-state index is 13.1. The summed E-state index contributed by atoms with van der Waals surface area (Å²) in [4.78, 5) is 14.9. The van der Waals surface area contributed by atoms with Crippen LogP contribution in [-0.2, 0) is 6.54 Å². The van der Waals surface area contributed by atoms with E-state index in [1.54, 1.807) is 7.11 Å². The monoisotopic (exact) mass is 383 g/mol. The van der Waals surface area contributed by atoms with Crippen molar-refractivity contribution in [2.75, 3.05) is 12.4 Å². The molecule has 0 spiro atoms. The highest BCUT2D eigenvalue weighted by Gasteiger charge is 2.40. The molecule has 2 bridgehead atoms. The van der Waals surface area contributed by atoms with Gasteiger partial charge in [-0.3, -0.25) is 4.90 Å². The van der Waals surface area contributed by atoms with Crippen LogP contribution in [0.2, 0.25) is 0 Å². The first kappa shape index (κ1) is 18.7. The summed E-state index contributed by atoms with van der Waals surface area (Å²) in [7, 11) is 1.62. The fourth-order valence-electron chi connectivity index (χ4n) is 4.48. The smallest absolute Gasteiger partial charge is 0.319 e. The third-order valence-corrected chi connectivity index (χ3v) is 5.85. The van der Waals surface area contributed by atoms with Crippen molar-refractivity contribution in [3.63, 3.8) is 0 Å². The fourth-order valence-corrected chi connectivity index (χ4v) is 4.48. The summed E-state index contributed by atoms with van der Waals surface area (Å²) < 4.78 is 18.3. The van der Waals surface area contributed by atoms with Gasteiger partial charge in [-0.15, -0.1) is 0 Å². The van der Waals surface area contributed by atoms with Gasteiger partial charge in [-0.05, 0) is 67.6 Å². The van der Waals surface area contributed by atoms with Crippen molar-refractivity contribution in [1.82, 2.24) is 10.2 Å². The summed E-state index contributed by atoms with van der Waals surface area (Å²) in [6.45, 7) is 0.848. The van der Waals surface area contributed by atoms with E-state index in [0.29, 0.717) is 12.1 Å². The molecule has 148 valence electrons. The maximum atomic E-state index is 13.1. The van der Waals surface area contributed by atoms with E-state index in [-0.39, 0.29) is 17.9 Å². The van der Waals surface area contributed by atoms with Crippen molar-refractivity contribution < 1.29 is 13.9 Å². The Morgan fingerprint density at radius 1 is 1.07 bits per heavy atom. The van der Waals surface area contributed by atoms with Crippen LogP contribution in [0.4, 0.5) is 14.9 Å². The Kier molecular flexibility index (Phi) is 5.48. The highest BCUT2D eigenvalue weighted by molar-refractivity contribution is 5.89. The van der Waals surface area contributed by atoms with Crippen LogP contribution in [0.25, 0.3) is 0 Å². The lowest BCUT2D eigenvalue weighted by Gasteiger charge is -2.39. The molecule has 0 aromatic heterocycles. The second kappa shape index (κ2) is 8.19. The predicted molar refractivity (Wildman–Crippen MR) is 107 cm³/mol. The number of nitrogens with zero attached hydrogens (tertiary/aromatic N) is 1. The highest BCUT2D eigenvalue weighted by Crippen LogP contribution is 2.36. The molecule has 4 rings (SSSR count). The van der Waals surface area contributed by atoms with Crippen molar-refractivity contribution in [3.05, 3.63) is 59.9 Å². The number of halogens is 1. The lowest BCUT2D eigenvalue weighted by Crippen LogP contribution is -2.50. The normalized spacial score (nSPS) is 24.0. The van der Waals surface area contributed by atoms with Gasteiger partial charge < -0.3 is 15.4 Å². The fraction of sp³-hybridized carbons (Fsp3) is 0.409. The van der Waals surface area contributed by atoms with E-state index in [1.165, 1.54) is 12.1 Å². The minimum Gasteiger partial charge on any atom is -0.497 e.